The summed E-state index contributed by atoms with van der Waals surface area (Å²) in [6.07, 6.45) is 5.09. The van der Waals surface area contributed by atoms with Crippen LogP contribution in [0.15, 0.2) is 61.1 Å². The van der Waals surface area contributed by atoms with Crippen LogP contribution in [0.4, 0.5) is 25.1 Å². The second-order valence-corrected chi connectivity index (χ2v) is 9.79. The number of aryl methyl sites for hydroxylation is 1. The van der Waals surface area contributed by atoms with Crippen LogP contribution in [-0.2, 0) is 0 Å². The highest BCUT2D eigenvalue weighted by molar-refractivity contribution is 5.96. The van der Waals surface area contributed by atoms with Crippen molar-refractivity contribution in [1.82, 2.24) is 34.8 Å². The van der Waals surface area contributed by atoms with E-state index in [-0.39, 0.29) is 17.7 Å². The Bertz CT molecular complexity index is 1550. The second kappa shape index (κ2) is 12.8. The maximum absolute atomic E-state index is 13.3. The maximum Gasteiger partial charge on any atom is 0.387 e. The summed E-state index contributed by atoms with van der Waals surface area (Å²) in [5.41, 5.74) is 4.25. The lowest BCUT2D eigenvalue weighted by Crippen LogP contribution is -2.53. The van der Waals surface area contributed by atoms with Crippen molar-refractivity contribution < 1.29 is 23.1 Å². The van der Waals surface area contributed by atoms with Gasteiger partial charge in [0.2, 0.25) is 0 Å². The Hall–Kier alpha value is -4.78. The number of hydrogen-bond acceptors (Lipinski definition) is 7. The molecule has 3 heterocycles. The molecule has 220 valence electrons. The number of urea groups is 1. The van der Waals surface area contributed by atoms with Crippen molar-refractivity contribution in [3.05, 3.63) is 72.2 Å². The van der Waals surface area contributed by atoms with Gasteiger partial charge in [0.05, 0.1) is 11.9 Å². The van der Waals surface area contributed by atoms with Gasteiger partial charge in [-0.3, -0.25) is 9.20 Å². The molecule has 5 rings (SSSR count). The fourth-order valence-corrected chi connectivity index (χ4v) is 4.84. The number of carbonyl (C=O) groups excluding carboxylic acids is 2. The number of anilines is 2. The Kier molecular flexibility index (Phi) is 8.77. The number of nitrogens with one attached hydrogen (secondary N) is 3. The number of piperazine rings is 1. The zero-order valence-corrected chi connectivity index (χ0v) is 23.3. The number of aromatic nitrogens is 3. The number of ether oxygens (including phenoxy) is 1. The van der Waals surface area contributed by atoms with E-state index in [1.54, 1.807) is 46.6 Å². The molecule has 1 aliphatic rings. The van der Waals surface area contributed by atoms with Crippen molar-refractivity contribution in [2.45, 2.75) is 13.5 Å². The molecule has 0 unspecified atom stereocenters. The molecule has 13 heteroatoms. The number of amides is 3. The van der Waals surface area contributed by atoms with Crippen LogP contribution in [0.2, 0.25) is 0 Å². The van der Waals surface area contributed by atoms with Gasteiger partial charge in [-0.05, 0) is 62.0 Å². The Morgan fingerprint density at radius 3 is 2.43 bits per heavy atom. The van der Waals surface area contributed by atoms with Crippen LogP contribution in [0.25, 0.3) is 16.9 Å². The number of hydrogen-bond donors (Lipinski definition) is 3. The number of imidazole rings is 1. The molecule has 0 radical (unpaired) electrons. The summed E-state index contributed by atoms with van der Waals surface area (Å²) in [5.74, 6) is 0.524. The van der Waals surface area contributed by atoms with Crippen molar-refractivity contribution in [3.63, 3.8) is 0 Å². The summed E-state index contributed by atoms with van der Waals surface area (Å²) in [7, 11) is 1.83. The SMILES string of the molecule is CNCCNC(=O)N1CCN(C(=O)c2ccc(Nc3nccn4c(-c5ccc(OC(F)F)cc5)cnc34)cc2C)CC1. The van der Waals surface area contributed by atoms with Gasteiger partial charge in [0, 0.05) is 68.5 Å². The molecule has 2 aromatic heterocycles. The smallest absolute Gasteiger partial charge is 0.387 e. The van der Waals surface area contributed by atoms with E-state index in [0.717, 1.165) is 22.5 Å². The molecule has 1 aliphatic heterocycles. The number of alkyl halides is 2. The molecule has 11 nitrogen and oxygen atoms in total. The van der Waals surface area contributed by atoms with Gasteiger partial charge in [0.1, 0.15) is 5.75 Å². The monoisotopic (exact) mass is 578 g/mol. The molecule has 4 aromatic rings. The molecule has 2 aromatic carbocycles. The van der Waals surface area contributed by atoms with Crippen LogP contribution >= 0.6 is 0 Å². The highest BCUT2D eigenvalue weighted by atomic mass is 19.3. The van der Waals surface area contributed by atoms with Crippen LogP contribution in [-0.4, -0.2) is 89.0 Å². The molecule has 3 amide bonds. The third kappa shape index (κ3) is 6.41. The quantitative estimate of drug-likeness (QED) is 0.259. The van der Waals surface area contributed by atoms with Gasteiger partial charge < -0.3 is 30.5 Å². The number of benzene rings is 2. The first kappa shape index (κ1) is 28.7. The summed E-state index contributed by atoms with van der Waals surface area (Å²) >= 11 is 0. The van der Waals surface area contributed by atoms with E-state index >= 15 is 0 Å². The van der Waals surface area contributed by atoms with Crippen molar-refractivity contribution in [1.29, 1.82) is 0 Å². The Labute approximate surface area is 241 Å². The number of fused-ring (bicyclic) bond motifs is 1. The summed E-state index contributed by atoms with van der Waals surface area (Å²) in [4.78, 5) is 38.0. The fourth-order valence-electron chi connectivity index (χ4n) is 4.84. The number of nitrogens with zero attached hydrogens (tertiary/aromatic N) is 5. The number of carbonyl (C=O) groups is 2. The van der Waals surface area contributed by atoms with E-state index in [2.05, 4.69) is 30.7 Å². The van der Waals surface area contributed by atoms with Gasteiger partial charge in [0.25, 0.3) is 5.91 Å². The molecular formula is C29H32F2N8O3. The highest BCUT2D eigenvalue weighted by Crippen LogP contribution is 2.28. The second-order valence-electron chi connectivity index (χ2n) is 9.79. The zero-order valence-electron chi connectivity index (χ0n) is 23.3. The van der Waals surface area contributed by atoms with E-state index in [1.807, 2.05) is 30.5 Å². The van der Waals surface area contributed by atoms with Gasteiger partial charge in [-0.15, -0.1) is 0 Å². The van der Waals surface area contributed by atoms with Gasteiger partial charge in [-0.2, -0.15) is 8.78 Å². The molecule has 1 saturated heterocycles. The van der Waals surface area contributed by atoms with E-state index in [9.17, 15) is 18.4 Å². The summed E-state index contributed by atoms with van der Waals surface area (Å²) in [6.45, 7) is 2.13. The molecule has 0 atom stereocenters. The Morgan fingerprint density at radius 1 is 1.00 bits per heavy atom. The molecule has 0 saturated carbocycles. The van der Waals surface area contributed by atoms with E-state index in [0.29, 0.717) is 56.3 Å². The third-order valence-corrected chi connectivity index (χ3v) is 7.03. The minimum atomic E-state index is -2.88. The van der Waals surface area contributed by atoms with Crippen LogP contribution in [0.5, 0.6) is 5.75 Å². The number of halogens is 2. The van der Waals surface area contributed by atoms with E-state index < -0.39 is 6.61 Å². The Balaban J connectivity index is 1.25. The molecule has 3 N–H and O–H groups in total. The van der Waals surface area contributed by atoms with Gasteiger partial charge >= 0.3 is 12.6 Å². The number of rotatable bonds is 9. The lowest BCUT2D eigenvalue weighted by molar-refractivity contribution is -0.0498. The molecule has 0 spiro atoms. The summed E-state index contributed by atoms with van der Waals surface area (Å²) in [5, 5.41) is 9.15. The standard InChI is InChI=1S/C29H32F2N8O3/c1-19-17-21(5-8-23(19)27(40)37-13-15-38(16-14-37)29(41)34-10-9-32-2)36-25-26-35-18-24(39(26)12-11-33-25)20-3-6-22(7-4-20)42-28(30)31/h3-8,11-12,17-18,28,32H,9-10,13-16H2,1-2H3,(H,33,36)(H,34,41). The largest absolute Gasteiger partial charge is 0.435 e. The lowest BCUT2D eigenvalue weighted by Gasteiger charge is -2.35. The normalized spacial score (nSPS) is 13.5. The van der Waals surface area contributed by atoms with E-state index in [1.165, 1.54) is 12.1 Å². The fraction of sp³-hybridized carbons (Fsp3) is 0.310. The topological polar surface area (TPSA) is 116 Å². The average molecular weight is 579 g/mol. The Morgan fingerprint density at radius 2 is 1.74 bits per heavy atom. The predicted octanol–water partition coefficient (Wildman–Crippen LogP) is 3.74. The average Bonchev–Trinajstić information content (AvgIpc) is 3.42. The van der Waals surface area contributed by atoms with Crippen molar-refractivity contribution in [2.24, 2.45) is 0 Å². The van der Waals surface area contributed by atoms with Crippen LogP contribution in [0.3, 0.4) is 0 Å². The van der Waals surface area contributed by atoms with Gasteiger partial charge in [0.15, 0.2) is 11.5 Å². The molecule has 0 aliphatic carbocycles. The van der Waals surface area contributed by atoms with Gasteiger partial charge in [-0.25, -0.2) is 14.8 Å². The zero-order chi connectivity index (χ0) is 29.6. The first-order chi connectivity index (χ1) is 20.3. The maximum atomic E-state index is 13.3. The van der Waals surface area contributed by atoms with E-state index in [4.69, 9.17) is 0 Å². The summed E-state index contributed by atoms with van der Waals surface area (Å²) < 4.78 is 31.3. The van der Waals surface area contributed by atoms with Crippen LogP contribution in [0, 0.1) is 6.92 Å². The van der Waals surface area contributed by atoms with Gasteiger partial charge in [-0.1, -0.05) is 0 Å². The minimum absolute atomic E-state index is 0.0719. The first-order valence-corrected chi connectivity index (χ1v) is 13.6. The molecule has 1 fully saturated rings. The highest BCUT2D eigenvalue weighted by Gasteiger charge is 2.25. The predicted molar refractivity (Wildman–Crippen MR) is 154 cm³/mol. The first-order valence-electron chi connectivity index (χ1n) is 13.6. The van der Waals surface area contributed by atoms with Crippen molar-refractivity contribution >= 4 is 29.1 Å². The van der Waals surface area contributed by atoms with Crippen LogP contribution < -0.4 is 20.7 Å². The molecule has 0 bridgehead atoms. The minimum Gasteiger partial charge on any atom is -0.435 e. The molecule has 42 heavy (non-hydrogen) atoms. The molecular weight excluding hydrogens is 546 g/mol. The van der Waals surface area contributed by atoms with Crippen LogP contribution in [0.1, 0.15) is 15.9 Å². The summed E-state index contributed by atoms with van der Waals surface area (Å²) in [6, 6.07) is 11.7. The third-order valence-electron chi connectivity index (χ3n) is 7.03. The van der Waals surface area contributed by atoms with Crippen molar-refractivity contribution in [3.8, 4) is 17.0 Å². The lowest BCUT2D eigenvalue weighted by atomic mass is 10.1. The van der Waals surface area contributed by atoms with Crippen molar-refractivity contribution in [2.75, 3.05) is 51.6 Å². The number of likely N-dealkylation sites (N-methyl/N-ethyl adjacent to an activating group) is 1.